The average molecular weight is 830 g/mol. The SMILES string of the molecule is c1ccc(-c2cc3c4c(c2)N(c2ccccc2)c2cc(-c5ccccc5)c5c6c2C4(c2ccccc2)c2c(cc(-c4ccccc4)cc2N6c2ccccc2O5)N3c2ccccc2)cc1. The van der Waals surface area contributed by atoms with E-state index in [0.29, 0.717) is 0 Å². The Balaban J connectivity index is 1.26. The van der Waals surface area contributed by atoms with Gasteiger partial charge in [-0.25, -0.2) is 0 Å². The minimum atomic E-state index is -0.793. The molecule has 1 atom stereocenters. The van der Waals surface area contributed by atoms with Crippen LogP contribution in [0.25, 0.3) is 33.4 Å². The normalized spacial score (nSPS) is 15.5. The number of benzene rings is 10. The Morgan fingerprint density at radius 2 is 0.708 bits per heavy atom. The molecule has 0 fully saturated rings. The molecule has 4 aliphatic rings. The summed E-state index contributed by atoms with van der Waals surface area (Å²) in [5.74, 6) is 1.67. The molecule has 4 heterocycles. The summed E-state index contributed by atoms with van der Waals surface area (Å²) in [6.45, 7) is 0. The third-order valence-electron chi connectivity index (χ3n) is 13.8. The fraction of sp³-hybridized carbons (Fsp3) is 0.0164. The molecule has 4 heteroatoms. The highest BCUT2D eigenvalue weighted by Gasteiger charge is 2.60. The molecule has 0 radical (unpaired) electrons. The molecule has 14 rings (SSSR count). The van der Waals surface area contributed by atoms with Gasteiger partial charge in [-0.3, -0.25) is 0 Å². The quantitative estimate of drug-likeness (QED) is 0.166. The Bertz CT molecular complexity index is 3460. The molecule has 0 saturated carbocycles. The van der Waals surface area contributed by atoms with E-state index in [1.54, 1.807) is 0 Å². The number of hydrogen-bond donors (Lipinski definition) is 0. The average Bonchev–Trinajstić information content (AvgIpc) is 3.38. The van der Waals surface area contributed by atoms with Crippen molar-refractivity contribution in [3.8, 4) is 44.9 Å². The predicted molar refractivity (Wildman–Crippen MR) is 266 cm³/mol. The first-order valence-electron chi connectivity index (χ1n) is 22.3. The number of nitrogens with zero attached hydrogens (tertiary/aromatic N) is 3. The van der Waals surface area contributed by atoms with Crippen molar-refractivity contribution in [2.24, 2.45) is 0 Å². The van der Waals surface area contributed by atoms with Crippen molar-refractivity contribution >= 4 is 51.2 Å². The van der Waals surface area contributed by atoms with Crippen molar-refractivity contribution in [3.05, 3.63) is 259 Å². The lowest BCUT2D eigenvalue weighted by Gasteiger charge is -2.57. The number of anilines is 9. The summed E-state index contributed by atoms with van der Waals surface area (Å²) >= 11 is 0. The molecular weight excluding hydrogens is 791 g/mol. The van der Waals surface area contributed by atoms with Crippen molar-refractivity contribution in [3.63, 3.8) is 0 Å². The van der Waals surface area contributed by atoms with Gasteiger partial charge in [0.1, 0.15) is 0 Å². The van der Waals surface area contributed by atoms with E-state index in [1.165, 1.54) is 22.3 Å². The number of ether oxygens (including phenoxy) is 1. The highest BCUT2D eigenvalue weighted by atomic mass is 16.5. The molecule has 4 aliphatic heterocycles. The maximum absolute atomic E-state index is 7.36. The molecular formula is C61H39N3O. The van der Waals surface area contributed by atoms with Crippen LogP contribution in [0.5, 0.6) is 11.5 Å². The molecule has 0 amide bonds. The standard InChI is InChI=1S/C61H39N3O/c1-7-21-40(22-8-1)43-35-50-56-51(36-43)63(47-31-17-6-18-32-47)54-39-48(42-25-11-3-12-26-42)60-59-58(54)61(56,45-27-13-4-14-28-45)57-52(62(50)46-29-15-5-16-30-46)37-44(41-23-9-2-10-24-41)38-53(57)64(59)49-33-19-20-34-55(49)65-60/h1-39H. The maximum Gasteiger partial charge on any atom is 0.159 e. The van der Waals surface area contributed by atoms with E-state index >= 15 is 0 Å². The van der Waals surface area contributed by atoms with E-state index in [4.69, 9.17) is 4.74 Å². The minimum absolute atomic E-state index is 0.793. The molecule has 10 aromatic carbocycles. The van der Waals surface area contributed by atoms with Crippen LogP contribution < -0.4 is 19.4 Å². The summed E-state index contributed by atoms with van der Waals surface area (Å²) in [5.41, 5.74) is 20.7. The number of hydrogen-bond acceptors (Lipinski definition) is 4. The zero-order chi connectivity index (χ0) is 42.6. The summed E-state index contributed by atoms with van der Waals surface area (Å²) in [4.78, 5) is 7.61. The van der Waals surface area contributed by atoms with E-state index in [1.807, 2.05) is 0 Å². The molecule has 0 N–H and O–H groups in total. The van der Waals surface area contributed by atoms with Crippen molar-refractivity contribution in [1.82, 2.24) is 0 Å². The Hall–Kier alpha value is -8.60. The maximum atomic E-state index is 7.36. The van der Waals surface area contributed by atoms with Crippen LogP contribution in [0.2, 0.25) is 0 Å². The lowest BCUT2D eigenvalue weighted by Crippen LogP contribution is -2.47. The smallest absolute Gasteiger partial charge is 0.159 e. The van der Waals surface area contributed by atoms with Crippen LogP contribution in [0, 0.1) is 0 Å². The molecule has 0 spiro atoms. The second kappa shape index (κ2) is 13.7. The van der Waals surface area contributed by atoms with Crippen LogP contribution in [0.3, 0.4) is 0 Å². The molecule has 0 aliphatic carbocycles. The molecule has 1 unspecified atom stereocenters. The van der Waals surface area contributed by atoms with E-state index in [9.17, 15) is 0 Å². The summed E-state index contributed by atoms with van der Waals surface area (Å²) < 4.78 is 7.36. The monoisotopic (exact) mass is 829 g/mol. The fourth-order valence-corrected chi connectivity index (χ4v) is 11.3. The largest absolute Gasteiger partial charge is 0.452 e. The van der Waals surface area contributed by atoms with Gasteiger partial charge in [-0.2, -0.15) is 0 Å². The zero-order valence-electron chi connectivity index (χ0n) is 35.3. The topological polar surface area (TPSA) is 19.0 Å². The second-order valence-electron chi connectivity index (χ2n) is 17.2. The van der Waals surface area contributed by atoms with Crippen LogP contribution >= 0.6 is 0 Å². The molecule has 0 bridgehead atoms. The first-order chi connectivity index (χ1) is 32.3. The summed E-state index contributed by atoms with van der Waals surface area (Å²) in [7, 11) is 0. The molecule has 65 heavy (non-hydrogen) atoms. The Morgan fingerprint density at radius 3 is 1.22 bits per heavy atom. The highest BCUT2D eigenvalue weighted by Crippen LogP contribution is 2.75. The zero-order valence-corrected chi connectivity index (χ0v) is 35.3. The highest BCUT2D eigenvalue weighted by molar-refractivity contribution is 6.12. The van der Waals surface area contributed by atoms with Gasteiger partial charge in [0, 0.05) is 33.6 Å². The predicted octanol–water partition coefficient (Wildman–Crippen LogP) is 16.5. The molecule has 0 saturated heterocycles. The van der Waals surface area contributed by atoms with Crippen molar-refractivity contribution in [1.29, 1.82) is 0 Å². The number of para-hydroxylation sites is 4. The van der Waals surface area contributed by atoms with Crippen molar-refractivity contribution < 1.29 is 4.74 Å². The van der Waals surface area contributed by atoms with Crippen LogP contribution in [0.15, 0.2) is 237 Å². The Morgan fingerprint density at radius 1 is 0.308 bits per heavy atom. The summed E-state index contributed by atoms with van der Waals surface area (Å²) in [6, 6.07) is 86.4. The van der Waals surface area contributed by atoms with Crippen LogP contribution in [-0.4, -0.2) is 0 Å². The summed E-state index contributed by atoms with van der Waals surface area (Å²) in [6.07, 6.45) is 0. The van der Waals surface area contributed by atoms with Gasteiger partial charge in [-0.05, 0) is 100 Å². The van der Waals surface area contributed by atoms with Gasteiger partial charge in [-0.15, -0.1) is 0 Å². The van der Waals surface area contributed by atoms with Crippen molar-refractivity contribution in [2.45, 2.75) is 5.41 Å². The van der Waals surface area contributed by atoms with Gasteiger partial charge < -0.3 is 19.4 Å². The van der Waals surface area contributed by atoms with E-state index in [2.05, 4.69) is 251 Å². The van der Waals surface area contributed by atoms with E-state index in [-0.39, 0.29) is 0 Å². The van der Waals surface area contributed by atoms with Crippen LogP contribution in [0.1, 0.15) is 22.3 Å². The Kier molecular flexibility index (Phi) is 7.57. The molecule has 0 aromatic heterocycles. The van der Waals surface area contributed by atoms with Gasteiger partial charge in [0.25, 0.3) is 0 Å². The lowest BCUT2D eigenvalue weighted by atomic mass is 9.57. The first kappa shape index (κ1) is 35.9. The van der Waals surface area contributed by atoms with Gasteiger partial charge >= 0.3 is 0 Å². The second-order valence-corrected chi connectivity index (χ2v) is 17.2. The van der Waals surface area contributed by atoms with E-state index in [0.717, 1.165) is 96.1 Å². The number of rotatable bonds is 6. The third kappa shape index (κ3) is 4.96. The lowest BCUT2D eigenvalue weighted by molar-refractivity contribution is 0.475. The van der Waals surface area contributed by atoms with Crippen molar-refractivity contribution in [2.75, 3.05) is 14.7 Å². The van der Waals surface area contributed by atoms with Gasteiger partial charge in [0.15, 0.2) is 11.5 Å². The molecule has 304 valence electrons. The van der Waals surface area contributed by atoms with Crippen LogP contribution in [0.4, 0.5) is 51.2 Å². The first-order valence-corrected chi connectivity index (χ1v) is 22.3. The van der Waals surface area contributed by atoms with Gasteiger partial charge in [0.2, 0.25) is 0 Å². The number of fused-ring (bicyclic) bond motifs is 3. The Labute approximate surface area is 378 Å². The minimum Gasteiger partial charge on any atom is -0.452 e. The van der Waals surface area contributed by atoms with E-state index < -0.39 is 5.41 Å². The third-order valence-corrected chi connectivity index (χ3v) is 13.8. The molecule has 10 aromatic rings. The fourth-order valence-electron chi connectivity index (χ4n) is 11.3. The van der Waals surface area contributed by atoms with Gasteiger partial charge in [0.05, 0.1) is 45.2 Å². The summed E-state index contributed by atoms with van der Waals surface area (Å²) in [5, 5.41) is 0. The van der Waals surface area contributed by atoms with Gasteiger partial charge in [-0.1, -0.05) is 170 Å². The van der Waals surface area contributed by atoms with Crippen LogP contribution in [-0.2, 0) is 5.41 Å². The molecule has 4 nitrogen and oxygen atoms in total.